The number of carbonyl (C=O) groups is 2. The van der Waals surface area contributed by atoms with Crippen LogP contribution in [0.25, 0.3) is 0 Å². The zero-order chi connectivity index (χ0) is 17.0. The van der Waals surface area contributed by atoms with Crippen molar-refractivity contribution in [2.45, 2.75) is 6.54 Å². The fraction of sp³-hybridized carbons (Fsp3) is 0.200. The number of rotatable bonds is 5. The number of hydrogen-bond acceptors (Lipinski definition) is 4. The highest BCUT2D eigenvalue weighted by molar-refractivity contribution is 7.09. The van der Waals surface area contributed by atoms with Crippen molar-refractivity contribution in [2.75, 3.05) is 13.7 Å². The zero-order valence-corrected chi connectivity index (χ0v) is 14.3. The molecule has 1 heterocycles. The summed E-state index contributed by atoms with van der Waals surface area (Å²) in [6, 6.07) is 5.78. The highest BCUT2D eigenvalue weighted by atomic mass is 35.5. The number of carbonyl (C=O) groups excluding carboxylic acids is 2. The third kappa shape index (κ3) is 4.67. The van der Waals surface area contributed by atoms with E-state index in [1.54, 1.807) is 7.05 Å². The average Bonchev–Trinajstić information content (AvgIpc) is 3.01. The third-order valence-corrected chi connectivity index (χ3v) is 4.42. The first-order valence-corrected chi connectivity index (χ1v) is 8.10. The molecule has 8 heteroatoms. The van der Waals surface area contributed by atoms with Gasteiger partial charge >= 0.3 is 5.97 Å². The number of amides is 1. The molecule has 23 heavy (non-hydrogen) atoms. The van der Waals surface area contributed by atoms with Crippen molar-refractivity contribution in [1.82, 2.24) is 4.90 Å². The van der Waals surface area contributed by atoms with Crippen molar-refractivity contribution >= 4 is 46.4 Å². The van der Waals surface area contributed by atoms with Crippen LogP contribution < -0.4 is 0 Å². The first-order valence-electron chi connectivity index (χ1n) is 6.46. The Morgan fingerprint density at radius 2 is 2.04 bits per heavy atom. The maximum Gasteiger partial charge on any atom is 0.340 e. The van der Waals surface area contributed by atoms with Gasteiger partial charge in [-0.15, -0.1) is 11.3 Å². The van der Waals surface area contributed by atoms with E-state index in [-0.39, 0.29) is 21.5 Å². The average molecular weight is 376 g/mol. The summed E-state index contributed by atoms with van der Waals surface area (Å²) in [6.45, 7) is -0.0360. The largest absolute Gasteiger partial charge is 0.452 e. The Balaban J connectivity index is 1.93. The number of ether oxygens (including phenoxy) is 1. The third-order valence-electron chi connectivity index (χ3n) is 2.96. The minimum atomic E-state index is -0.886. The van der Waals surface area contributed by atoms with Gasteiger partial charge in [-0.2, -0.15) is 0 Å². The molecular formula is C15H12Cl2FNO3S. The summed E-state index contributed by atoms with van der Waals surface area (Å²) < 4.78 is 18.3. The second-order valence-corrected chi connectivity index (χ2v) is 6.50. The molecule has 0 fully saturated rings. The van der Waals surface area contributed by atoms with Crippen molar-refractivity contribution in [3.05, 3.63) is 55.9 Å². The van der Waals surface area contributed by atoms with Gasteiger partial charge in [0.25, 0.3) is 5.91 Å². The summed E-state index contributed by atoms with van der Waals surface area (Å²) in [5.74, 6) is -2.05. The number of halogens is 3. The van der Waals surface area contributed by atoms with E-state index in [2.05, 4.69) is 0 Å². The molecule has 0 aliphatic rings. The van der Waals surface area contributed by atoms with Crippen LogP contribution in [0.2, 0.25) is 10.0 Å². The van der Waals surface area contributed by atoms with Gasteiger partial charge in [-0.3, -0.25) is 4.79 Å². The van der Waals surface area contributed by atoms with E-state index in [1.165, 1.54) is 16.2 Å². The fourth-order valence-electron chi connectivity index (χ4n) is 1.72. The monoisotopic (exact) mass is 375 g/mol. The molecule has 0 aliphatic carbocycles. The molecular weight excluding hydrogens is 364 g/mol. The molecule has 1 aromatic heterocycles. The van der Waals surface area contributed by atoms with Crippen molar-refractivity contribution in [3.63, 3.8) is 0 Å². The minimum absolute atomic E-state index is 0.0409. The van der Waals surface area contributed by atoms with Crippen molar-refractivity contribution in [3.8, 4) is 0 Å². The topological polar surface area (TPSA) is 46.6 Å². The standard InChI is InChI=1S/C15H12Cl2FNO3S/c1-19(7-9-3-2-4-23-9)14(20)8-22-15(21)10-5-13(18)12(17)6-11(10)16/h2-6H,7-8H2,1H3. The van der Waals surface area contributed by atoms with Crippen LogP contribution >= 0.6 is 34.5 Å². The fourth-order valence-corrected chi connectivity index (χ4v) is 2.94. The number of benzene rings is 1. The highest BCUT2D eigenvalue weighted by Crippen LogP contribution is 2.24. The highest BCUT2D eigenvalue weighted by Gasteiger charge is 2.18. The summed E-state index contributed by atoms with van der Waals surface area (Å²) in [5.41, 5.74) is -0.178. The Labute approximate surface area is 146 Å². The predicted molar refractivity (Wildman–Crippen MR) is 87.5 cm³/mol. The molecule has 0 bridgehead atoms. The second kappa shape index (κ2) is 7.77. The molecule has 0 N–H and O–H groups in total. The van der Waals surface area contributed by atoms with Gasteiger partial charge in [0, 0.05) is 11.9 Å². The summed E-state index contributed by atoms with van der Waals surface area (Å²) in [4.78, 5) is 26.3. The van der Waals surface area contributed by atoms with Gasteiger partial charge in [-0.05, 0) is 23.6 Å². The van der Waals surface area contributed by atoms with Gasteiger partial charge in [-0.1, -0.05) is 29.3 Å². The van der Waals surface area contributed by atoms with Gasteiger partial charge in [0.2, 0.25) is 0 Å². The van der Waals surface area contributed by atoms with Crippen LogP contribution in [0.15, 0.2) is 29.6 Å². The van der Waals surface area contributed by atoms with E-state index in [4.69, 9.17) is 27.9 Å². The molecule has 1 aromatic carbocycles. The van der Waals surface area contributed by atoms with Crippen molar-refractivity contribution in [1.29, 1.82) is 0 Å². The lowest BCUT2D eigenvalue weighted by atomic mass is 10.2. The summed E-state index contributed by atoms with van der Waals surface area (Å²) in [5, 5.41) is 1.67. The van der Waals surface area contributed by atoms with Crippen LogP contribution in [0.5, 0.6) is 0 Å². The van der Waals surface area contributed by atoms with Crippen LogP contribution in [0.3, 0.4) is 0 Å². The Bertz CT molecular complexity index is 722. The molecule has 0 aliphatic heterocycles. The van der Waals surface area contributed by atoms with E-state index >= 15 is 0 Å². The van der Waals surface area contributed by atoms with Gasteiger partial charge in [0.1, 0.15) is 5.82 Å². The lowest BCUT2D eigenvalue weighted by Crippen LogP contribution is -2.30. The Morgan fingerprint density at radius 3 is 2.70 bits per heavy atom. The maximum absolute atomic E-state index is 13.4. The van der Waals surface area contributed by atoms with Crippen molar-refractivity contribution in [2.24, 2.45) is 0 Å². The number of esters is 1. The SMILES string of the molecule is CN(Cc1cccs1)C(=O)COC(=O)c1cc(F)c(Cl)cc1Cl. The summed E-state index contributed by atoms with van der Waals surface area (Å²) in [6.07, 6.45) is 0. The molecule has 0 unspecified atom stereocenters. The van der Waals surface area contributed by atoms with Gasteiger partial charge in [0.15, 0.2) is 6.61 Å². The van der Waals surface area contributed by atoms with Crippen LogP contribution in [0, 0.1) is 5.82 Å². The number of thiophene rings is 1. The molecule has 2 rings (SSSR count). The van der Waals surface area contributed by atoms with E-state index in [9.17, 15) is 14.0 Å². The number of hydrogen-bond donors (Lipinski definition) is 0. The second-order valence-electron chi connectivity index (χ2n) is 4.65. The van der Waals surface area contributed by atoms with Gasteiger partial charge in [-0.25, -0.2) is 9.18 Å². The van der Waals surface area contributed by atoms with E-state index in [1.807, 2.05) is 17.5 Å². The molecule has 1 amide bonds. The first-order chi connectivity index (χ1) is 10.9. The molecule has 0 saturated carbocycles. The van der Waals surface area contributed by atoms with Gasteiger partial charge < -0.3 is 9.64 Å². The Morgan fingerprint density at radius 1 is 1.30 bits per heavy atom. The number of likely N-dealkylation sites (N-methyl/N-ethyl adjacent to an activating group) is 1. The van der Waals surface area contributed by atoms with Crippen LogP contribution in [-0.2, 0) is 16.1 Å². The maximum atomic E-state index is 13.4. The van der Waals surface area contributed by atoms with E-state index in [0.717, 1.165) is 17.0 Å². The molecule has 0 radical (unpaired) electrons. The summed E-state index contributed by atoms with van der Waals surface area (Å²) >= 11 is 12.9. The lowest BCUT2D eigenvalue weighted by Gasteiger charge is -2.16. The normalized spacial score (nSPS) is 10.4. The molecule has 2 aromatic rings. The van der Waals surface area contributed by atoms with Crippen molar-refractivity contribution < 1.29 is 18.7 Å². The molecule has 0 saturated heterocycles. The Hall–Kier alpha value is -1.63. The number of nitrogens with zero attached hydrogens (tertiary/aromatic N) is 1. The molecule has 4 nitrogen and oxygen atoms in total. The van der Waals surface area contributed by atoms with Crippen LogP contribution in [0.4, 0.5) is 4.39 Å². The van der Waals surface area contributed by atoms with E-state index in [0.29, 0.717) is 6.54 Å². The smallest absolute Gasteiger partial charge is 0.340 e. The van der Waals surface area contributed by atoms with Crippen LogP contribution in [-0.4, -0.2) is 30.4 Å². The van der Waals surface area contributed by atoms with Gasteiger partial charge in [0.05, 0.1) is 22.2 Å². The summed E-state index contributed by atoms with van der Waals surface area (Å²) in [7, 11) is 1.60. The first kappa shape index (κ1) is 17.7. The molecule has 0 spiro atoms. The lowest BCUT2D eigenvalue weighted by molar-refractivity contribution is -0.133. The Kier molecular flexibility index (Phi) is 5.98. The predicted octanol–water partition coefficient (Wildman–Crippen LogP) is 4.01. The van der Waals surface area contributed by atoms with E-state index < -0.39 is 18.4 Å². The quantitative estimate of drug-likeness (QED) is 0.585. The molecule has 122 valence electrons. The molecule has 0 atom stereocenters. The van der Waals surface area contributed by atoms with Crippen LogP contribution in [0.1, 0.15) is 15.2 Å². The minimum Gasteiger partial charge on any atom is -0.452 e. The zero-order valence-electron chi connectivity index (χ0n) is 12.0.